The zero-order valence-electron chi connectivity index (χ0n) is 10.2. The average molecular weight is 269 g/mol. The van der Waals surface area contributed by atoms with E-state index in [-0.39, 0.29) is 22.6 Å². The Hall–Kier alpha value is -1.66. The SMILES string of the molecule is C=C(C)CNS(=O)(=O)c1cccc(C(=O)O)c1C. The second-order valence-corrected chi connectivity index (χ2v) is 5.75. The molecule has 2 N–H and O–H groups in total. The molecule has 5 nitrogen and oxygen atoms in total. The third-order valence-corrected chi connectivity index (χ3v) is 3.91. The Balaban J connectivity index is 3.21. The standard InChI is InChI=1S/C12H15NO4S/c1-8(2)7-13-18(16,17)11-6-4-5-10(9(11)3)12(14)15/h4-6,13H,1,7H2,2-3H3,(H,14,15). The number of sulfonamides is 1. The highest BCUT2D eigenvalue weighted by Gasteiger charge is 2.20. The minimum atomic E-state index is -3.72. The predicted octanol–water partition coefficient (Wildman–Crippen LogP) is 1.55. The van der Waals surface area contributed by atoms with Crippen molar-refractivity contribution in [1.29, 1.82) is 0 Å². The first-order chi connectivity index (χ1) is 8.25. The third-order valence-electron chi connectivity index (χ3n) is 2.37. The number of carboxylic acid groups (broad SMARTS) is 1. The van der Waals surface area contributed by atoms with Crippen molar-refractivity contribution in [3.8, 4) is 0 Å². The Morgan fingerprint density at radius 1 is 1.44 bits per heavy atom. The molecule has 0 fully saturated rings. The second-order valence-electron chi connectivity index (χ2n) is 4.02. The second kappa shape index (κ2) is 5.32. The summed E-state index contributed by atoms with van der Waals surface area (Å²) in [6.45, 7) is 6.89. The third kappa shape index (κ3) is 3.18. The van der Waals surface area contributed by atoms with E-state index in [1.807, 2.05) is 0 Å². The van der Waals surface area contributed by atoms with Crippen LogP contribution in [-0.2, 0) is 10.0 Å². The number of nitrogens with one attached hydrogen (secondary N) is 1. The first-order valence-corrected chi connectivity index (χ1v) is 6.71. The van der Waals surface area contributed by atoms with E-state index in [4.69, 9.17) is 5.11 Å². The molecule has 0 aliphatic rings. The molecule has 0 aromatic heterocycles. The number of hydrogen-bond acceptors (Lipinski definition) is 3. The van der Waals surface area contributed by atoms with Gasteiger partial charge in [0, 0.05) is 6.54 Å². The van der Waals surface area contributed by atoms with Gasteiger partial charge in [0.05, 0.1) is 10.5 Å². The van der Waals surface area contributed by atoms with Gasteiger partial charge in [-0.2, -0.15) is 0 Å². The molecule has 1 aromatic rings. The maximum atomic E-state index is 12.0. The highest BCUT2D eigenvalue weighted by molar-refractivity contribution is 7.89. The summed E-state index contributed by atoms with van der Waals surface area (Å²) < 4.78 is 26.3. The number of carbonyl (C=O) groups is 1. The van der Waals surface area contributed by atoms with Crippen molar-refractivity contribution in [2.75, 3.05) is 6.54 Å². The van der Waals surface area contributed by atoms with Crippen molar-refractivity contribution >= 4 is 16.0 Å². The van der Waals surface area contributed by atoms with Crippen molar-refractivity contribution in [2.24, 2.45) is 0 Å². The number of aromatic carboxylic acids is 1. The highest BCUT2D eigenvalue weighted by atomic mass is 32.2. The average Bonchev–Trinajstić information content (AvgIpc) is 2.26. The summed E-state index contributed by atoms with van der Waals surface area (Å²) in [7, 11) is -3.72. The lowest BCUT2D eigenvalue weighted by Gasteiger charge is -2.10. The van der Waals surface area contributed by atoms with Crippen molar-refractivity contribution in [3.05, 3.63) is 41.5 Å². The highest BCUT2D eigenvalue weighted by Crippen LogP contribution is 2.18. The molecule has 6 heteroatoms. The Morgan fingerprint density at radius 2 is 2.06 bits per heavy atom. The van der Waals surface area contributed by atoms with Crippen LogP contribution in [0.15, 0.2) is 35.2 Å². The van der Waals surface area contributed by atoms with E-state index in [0.29, 0.717) is 5.57 Å². The van der Waals surface area contributed by atoms with E-state index in [9.17, 15) is 13.2 Å². The Kier molecular flexibility index (Phi) is 4.26. The maximum Gasteiger partial charge on any atom is 0.335 e. The summed E-state index contributed by atoms with van der Waals surface area (Å²) >= 11 is 0. The van der Waals surface area contributed by atoms with E-state index in [0.717, 1.165) is 0 Å². The fraction of sp³-hybridized carbons (Fsp3) is 0.250. The van der Waals surface area contributed by atoms with Gasteiger partial charge in [0.25, 0.3) is 0 Å². The molecule has 1 rings (SSSR count). The van der Waals surface area contributed by atoms with Crippen LogP contribution in [0, 0.1) is 6.92 Å². The van der Waals surface area contributed by atoms with Crippen molar-refractivity contribution < 1.29 is 18.3 Å². The number of carboxylic acids is 1. The van der Waals surface area contributed by atoms with Crippen LogP contribution in [0.25, 0.3) is 0 Å². The fourth-order valence-corrected chi connectivity index (χ4v) is 2.80. The molecule has 98 valence electrons. The van der Waals surface area contributed by atoms with Gasteiger partial charge in [0.1, 0.15) is 0 Å². The summed E-state index contributed by atoms with van der Waals surface area (Å²) in [5.74, 6) is -1.15. The van der Waals surface area contributed by atoms with Crippen LogP contribution in [-0.4, -0.2) is 26.0 Å². The first-order valence-electron chi connectivity index (χ1n) is 5.22. The van der Waals surface area contributed by atoms with E-state index < -0.39 is 16.0 Å². The topological polar surface area (TPSA) is 83.5 Å². The molecule has 0 aliphatic heterocycles. The molecule has 0 amide bonds. The van der Waals surface area contributed by atoms with Crippen LogP contribution < -0.4 is 4.72 Å². The van der Waals surface area contributed by atoms with Crippen LogP contribution >= 0.6 is 0 Å². The summed E-state index contributed by atoms with van der Waals surface area (Å²) in [5, 5.41) is 8.94. The summed E-state index contributed by atoms with van der Waals surface area (Å²) in [6.07, 6.45) is 0. The summed E-state index contributed by atoms with van der Waals surface area (Å²) in [6, 6.07) is 4.16. The minimum Gasteiger partial charge on any atom is -0.478 e. The van der Waals surface area contributed by atoms with Gasteiger partial charge < -0.3 is 5.11 Å². The maximum absolute atomic E-state index is 12.0. The van der Waals surface area contributed by atoms with Crippen molar-refractivity contribution in [3.63, 3.8) is 0 Å². The van der Waals surface area contributed by atoms with Crippen LogP contribution in [0.2, 0.25) is 0 Å². The van der Waals surface area contributed by atoms with Crippen molar-refractivity contribution in [1.82, 2.24) is 4.72 Å². The van der Waals surface area contributed by atoms with Gasteiger partial charge in [-0.15, -0.1) is 0 Å². The molecule has 0 spiro atoms. The zero-order chi connectivity index (χ0) is 13.9. The molecule has 0 atom stereocenters. The Labute approximate surface area is 106 Å². The first kappa shape index (κ1) is 14.4. The van der Waals surface area contributed by atoms with E-state index >= 15 is 0 Å². The van der Waals surface area contributed by atoms with Crippen LogP contribution in [0.5, 0.6) is 0 Å². The minimum absolute atomic E-state index is 0.0202. The predicted molar refractivity (Wildman–Crippen MR) is 68.1 cm³/mol. The van der Waals surface area contributed by atoms with Gasteiger partial charge in [-0.3, -0.25) is 0 Å². The van der Waals surface area contributed by atoms with E-state index in [1.165, 1.54) is 25.1 Å². The smallest absolute Gasteiger partial charge is 0.335 e. The largest absolute Gasteiger partial charge is 0.478 e. The van der Waals surface area contributed by atoms with Gasteiger partial charge in [0.15, 0.2) is 0 Å². The van der Waals surface area contributed by atoms with Gasteiger partial charge >= 0.3 is 5.97 Å². The number of hydrogen-bond donors (Lipinski definition) is 2. The Bertz CT molecular complexity index is 590. The lowest BCUT2D eigenvalue weighted by atomic mass is 10.1. The van der Waals surface area contributed by atoms with Crippen LogP contribution in [0.1, 0.15) is 22.8 Å². The van der Waals surface area contributed by atoms with Crippen molar-refractivity contribution in [2.45, 2.75) is 18.7 Å². The molecule has 0 saturated heterocycles. The molecular weight excluding hydrogens is 254 g/mol. The lowest BCUT2D eigenvalue weighted by Crippen LogP contribution is -2.26. The molecule has 18 heavy (non-hydrogen) atoms. The molecular formula is C12H15NO4S. The summed E-state index contributed by atoms with van der Waals surface area (Å²) in [4.78, 5) is 10.9. The van der Waals surface area contributed by atoms with Gasteiger partial charge in [-0.05, 0) is 31.5 Å². The molecule has 0 aliphatic carbocycles. The van der Waals surface area contributed by atoms with Gasteiger partial charge in [-0.1, -0.05) is 18.2 Å². The monoisotopic (exact) mass is 269 g/mol. The molecule has 0 bridgehead atoms. The molecule has 0 heterocycles. The molecule has 0 unspecified atom stereocenters. The number of benzene rings is 1. The van der Waals surface area contributed by atoms with Crippen LogP contribution in [0.3, 0.4) is 0 Å². The normalized spacial score (nSPS) is 11.2. The van der Waals surface area contributed by atoms with Gasteiger partial charge in [-0.25, -0.2) is 17.9 Å². The quantitative estimate of drug-likeness (QED) is 0.794. The van der Waals surface area contributed by atoms with E-state index in [1.54, 1.807) is 6.92 Å². The van der Waals surface area contributed by atoms with E-state index in [2.05, 4.69) is 11.3 Å². The van der Waals surface area contributed by atoms with Crippen LogP contribution in [0.4, 0.5) is 0 Å². The molecule has 0 radical (unpaired) electrons. The number of rotatable bonds is 5. The Morgan fingerprint density at radius 3 is 2.56 bits per heavy atom. The molecule has 0 saturated carbocycles. The zero-order valence-corrected chi connectivity index (χ0v) is 11.0. The van der Waals surface area contributed by atoms with Gasteiger partial charge in [0.2, 0.25) is 10.0 Å². The molecule has 1 aromatic carbocycles. The lowest BCUT2D eigenvalue weighted by molar-refractivity contribution is 0.0696. The summed E-state index contributed by atoms with van der Waals surface area (Å²) in [5.41, 5.74) is 0.873. The fourth-order valence-electron chi connectivity index (χ4n) is 1.43.